The molecule has 15 heavy (non-hydrogen) atoms. The molecule has 1 atom stereocenters. The lowest BCUT2D eigenvalue weighted by atomic mass is 10.2. The van der Waals surface area contributed by atoms with Crippen molar-refractivity contribution in [2.24, 2.45) is 5.73 Å². The van der Waals surface area contributed by atoms with Crippen LogP contribution in [0.5, 0.6) is 0 Å². The van der Waals surface area contributed by atoms with Crippen LogP contribution in [0.3, 0.4) is 0 Å². The third kappa shape index (κ3) is 8.34. The lowest BCUT2D eigenvalue weighted by Gasteiger charge is -2.12. The van der Waals surface area contributed by atoms with Crippen molar-refractivity contribution in [2.45, 2.75) is 25.8 Å². The van der Waals surface area contributed by atoms with Crippen molar-refractivity contribution in [3.63, 3.8) is 0 Å². The molecule has 0 saturated heterocycles. The normalized spacial score (nSPS) is 13.7. The molecular weight excluding hydrogens is 218 g/mol. The summed E-state index contributed by atoms with van der Waals surface area (Å²) in [6.07, 6.45) is 2.37. The van der Waals surface area contributed by atoms with Gasteiger partial charge in [0, 0.05) is 6.54 Å². The van der Waals surface area contributed by atoms with Crippen LogP contribution in [0.1, 0.15) is 19.8 Å². The Morgan fingerprint density at radius 2 is 2.00 bits per heavy atom. The average molecular weight is 237 g/mol. The topological polar surface area (TPSA) is 101 Å². The van der Waals surface area contributed by atoms with Gasteiger partial charge in [0.25, 0.3) is 0 Å². The number of sulfonamides is 1. The maximum atomic E-state index is 10.8. The zero-order valence-electron chi connectivity index (χ0n) is 9.12. The van der Waals surface area contributed by atoms with E-state index in [9.17, 15) is 13.2 Å². The molecule has 0 aliphatic heterocycles. The van der Waals surface area contributed by atoms with Crippen LogP contribution in [0.15, 0.2) is 0 Å². The van der Waals surface area contributed by atoms with Crippen molar-refractivity contribution in [1.29, 1.82) is 0 Å². The van der Waals surface area contributed by atoms with E-state index in [0.29, 0.717) is 25.9 Å². The highest BCUT2D eigenvalue weighted by molar-refractivity contribution is 7.88. The molecule has 1 unspecified atom stereocenters. The molecule has 6 nitrogen and oxygen atoms in total. The number of carbonyl (C=O) groups excluding carboxylic acids is 1. The van der Waals surface area contributed by atoms with Crippen LogP contribution < -0.4 is 15.8 Å². The Morgan fingerprint density at radius 3 is 2.40 bits per heavy atom. The largest absolute Gasteiger partial charge is 0.368 e. The van der Waals surface area contributed by atoms with Gasteiger partial charge in [0.1, 0.15) is 0 Å². The zero-order chi connectivity index (χ0) is 11.9. The van der Waals surface area contributed by atoms with E-state index < -0.39 is 10.0 Å². The van der Waals surface area contributed by atoms with Gasteiger partial charge < -0.3 is 11.1 Å². The third-order valence-corrected chi connectivity index (χ3v) is 2.59. The second kappa shape index (κ2) is 6.76. The smallest absolute Gasteiger partial charge is 0.234 e. The maximum absolute atomic E-state index is 10.8. The zero-order valence-corrected chi connectivity index (χ0v) is 9.93. The predicted molar refractivity (Wildman–Crippen MR) is 58.7 cm³/mol. The van der Waals surface area contributed by atoms with Crippen LogP contribution in [0, 0.1) is 0 Å². The molecule has 0 aromatic heterocycles. The minimum absolute atomic E-state index is 0.330. The van der Waals surface area contributed by atoms with E-state index in [1.54, 1.807) is 0 Å². The molecule has 0 aromatic rings. The summed E-state index contributed by atoms with van der Waals surface area (Å²) in [6.45, 7) is 2.78. The lowest BCUT2D eigenvalue weighted by Crippen LogP contribution is -2.41. The summed E-state index contributed by atoms with van der Waals surface area (Å²) in [6, 6.07) is -0.330. The van der Waals surface area contributed by atoms with Crippen molar-refractivity contribution < 1.29 is 13.2 Å². The van der Waals surface area contributed by atoms with Gasteiger partial charge in [-0.25, -0.2) is 13.1 Å². The molecule has 0 bridgehead atoms. The molecule has 4 N–H and O–H groups in total. The molecule has 0 aliphatic carbocycles. The molecule has 0 aromatic carbocycles. The predicted octanol–water partition coefficient (Wildman–Crippen LogP) is -1.22. The molecular formula is C8H19N3O3S. The molecule has 0 saturated carbocycles. The Labute approximate surface area is 90.7 Å². The summed E-state index contributed by atoms with van der Waals surface area (Å²) in [7, 11) is -3.12. The number of primary amides is 1. The fourth-order valence-electron chi connectivity index (χ4n) is 1.07. The fourth-order valence-corrected chi connectivity index (χ4v) is 1.58. The van der Waals surface area contributed by atoms with Crippen molar-refractivity contribution in [1.82, 2.24) is 10.0 Å². The summed E-state index contributed by atoms with van der Waals surface area (Å²) in [5.74, 6) is -0.381. The van der Waals surface area contributed by atoms with E-state index in [0.717, 1.165) is 6.26 Å². The standard InChI is InChI=1S/C8H19N3O3S/c1-3-7(8(9)12)10-5-4-6-11-15(2,13)14/h7,10-11H,3-6H2,1-2H3,(H2,9,12). The summed E-state index contributed by atoms with van der Waals surface area (Å²) in [4.78, 5) is 10.8. The van der Waals surface area contributed by atoms with Gasteiger partial charge in [-0.05, 0) is 19.4 Å². The second-order valence-electron chi connectivity index (χ2n) is 3.34. The van der Waals surface area contributed by atoms with E-state index in [-0.39, 0.29) is 11.9 Å². The first-order chi connectivity index (χ1) is 6.87. The van der Waals surface area contributed by atoms with Gasteiger partial charge in [-0.2, -0.15) is 0 Å². The van der Waals surface area contributed by atoms with Crippen LogP contribution in [-0.4, -0.2) is 39.7 Å². The number of hydrogen-bond acceptors (Lipinski definition) is 4. The minimum Gasteiger partial charge on any atom is -0.368 e. The van der Waals surface area contributed by atoms with Gasteiger partial charge in [-0.3, -0.25) is 4.79 Å². The summed E-state index contributed by atoms with van der Waals surface area (Å²) >= 11 is 0. The van der Waals surface area contributed by atoms with Gasteiger partial charge in [0.15, 0.2) is 0 Å². The SMILES string of the molecule is CCC(NCCCNS(C)(=O)=O)C(N)=O. The molecule has 0 radical (unpaired) electrons. The number of nitrogens with one attached hydrogen (secondary N) is 2. The van der Waals surface area contributed by atoms with Crippen molar-refractivity contribution in [2.75, 3.05) is 19.3 Å². The highest BCUT2D eigenvalue weighted by Crippen LogP contribution is 1.89. The number of nitrogens with two attached hydrogens (primary N) is 1. The molecule has 1 amide bonds. The molecule has 0 rings (SSSR count). The Hall–Kier alpha value is -0.660. The monoisotopic (exact) mass is 237 g/mol. The molecule has 7 heteroatoms. The molecule has 0 fully saturated rings. The van der Waals surface area contributed by atoms with Gasteiger partial charge in [0.2, 0.25) is 15.9 Å². The Bertz CT molecular complexity index is 290. The number of amides is 1. The first-order valence-corrected chi connectivity index (χ1v) is 6.73. The minimum atomic E-state index is -3.12. The van der Waals surface area contributed by atoms with Crippen molar-refractivity contribution in [3.05, 3.63) is 0 Å². The molecule has 90 valence electrons. The average Bonchev–Trinajstić information content (AvgIpc) is 2.08. The van der Waals surface area contributed by atoms with E-state index >= 15 is 0 Å². The maximum Gasteiger partial charge on any atom is 0.234 e. The lowest BCUT2D eigenvalue weighted by molar-refractivity contribution is -0.120. The van der Waals surface area contributed by atoms with Crippen LogP contribution in [0.2, 0.25) is 0 Å². The molecule has 0 aliphatic rings. The summed E-state index contributed by atoms with van der Waals surface area (Å²) in [5.41, 5.74) is 5.12. The number of hydrogen-bond donors (Lipinski definition) is 3. The van der Waals surface area contributed by atoms with Crippen LogP contribution in [-0.2, 0) is 14.8 Å². The van der Waals surface area contributed by atoms with Gasteiger partial charge in [-0.1, -0.05) is 6.92 Å². The van der Waals surface area contributed by atoms with Crippen LogP contribution in [0.25, 0.3) is 0 Å². The molecule has 0 heterocycles. The van der Waals surface area contributed by atoms with Gasteiger partial charge >= 0.3 is 0 Å². The molecule has 0 spiro atoms. The summed E-state index contributed by atoms with van der Waals surface area (Å²) < 4.78 is 23.7. The van der Waals surface area contributed by atoms with Crippen molar-refractivity contribution in [3.8, 4) is 0 Å². The van der Waals surface area contributed by atoms with E-state index in [2.05, 4.69) is 10.0 Å². The number of carbonyl (C=O) groups is 1. The Balaban J connectivity index is 3.58. The third-order valence-electron chi connectivity index (χ3n) is 1.86. The van der Waals surface area contributed by atoms with E-state index in [1.165, 1.54) is 0 Å². The van der Waals surface area contributed by atoms with Gasteiger partial charge in [0.05, 0.1) is 12.3 Å². The second-order valence-corrected chi connectivity index (χ2v) is 5.17. The fraction of sp³-hybridized carbons (Fsp3) is 0.875. The Morgan fingerprint density at radius 1 is 1.40 bits per heavy atom. The van der Waals surface area contributed by atoms with E-state index in [4.69, 9.17) is 5.73 Å². The first-order valence-electron chi connectivity index (χ1n) is 4.84. The van der Waals surface area contributed by atoms with Crippen LogP contribution in [0.4, 0.5) is 0 Å². The van der Waals surface area contributed by atoms with Crippen molar-refractivity contribution >= 4 is 15.9 Å². The first kappa shape index (κ1) is 14.3. The Kier molecular flexibility index (Phi) is 6.46. The number of rotatable bonds is 8. The quantitative estimate of drug-likeness (QED) is 0.460. The highest BCUT2D eigenvalue weighted by Gasteiger charge is 2.10. The van der Waals surface area contributed by atoms with Gasteiger partial charge in [-0.15, -0.1) is 0 Å². The highest BCUT2D eigenvalue weighted by atomic mass is 32.2. The van der Waals surface area contributed by atoms with Crippen LogP contribution >= 0.6 is 0 Å². The van der Waals surface area contributed by atoms with E-state index in [1.807, 2.05) is 6.92 Å². The summed E-state index contributed by atoms with van der Waals surface area (Å²) in [5, 5.41) is 2.95.